The molecule has 0 bridgehead atoms. The number of fused-ring (bicyclic) bond motifs is 1. The normalized spacial score (nSPS) is 24.1. The van der Waals surface area contributed by atoms with Gasteiger partial charge in [-0.25, -0.2) is 0 Å². The maximum atomic E-state index is 9.27. The highest BCUT2D eigenvalue weighted by atomic mass is 16.5. The van der Waals surface area contributed by atoms with E-state index in [4.69, 9.17) is 4.74 Å². The highest BCUT2D eigenvalue weighted by Crippen LogP contribution is 2.20. The van der Waals surface area contributed by atoms with E-state index in [1.54, 1.807) is 0 Å². The fourth-order valence-corrected chi connectivity index (χ4v) is 2.72. The van der Waals surface area contributed by atoms with E-state index in [0.717, 1.165) is 18.6 Å². The molecule has 3 rings (SSSR count). The zero-order valence-corrected chi connectivity index (χ0v) is 11.7. The van der Waals surface area contributed by atoms with Gasteiger partial charge in [-0.2, -0.15) is 0 Å². The minimum atomic E-state index is -0.0749. The number of pyridine rings is 1. The number of hydrogen-bond acceptors (Lipinski definition) is 4. The van der Waals surface area contributed by atoms with Crippen molar-refractivity contribution >= 4 is 10.9 Å². The Kier molecular flexibility index (Phi) is 3.96. The Bertz CT molecular complexity index is 582. The van der Waals surface area contributed by atoms with Crippen molar-refractivity contribution < 1.29 is 9.84 Å². The summed E-state index contributed by atoms with van der Waals surface area (Å²) in [5.74, 6) is 0. The Morgan fingerprint density at radius 1 is 1.35 bits per heavy atom. The summed E-state index contributed by atoms with van der Waals surface area (Å²) >= 11 is 0. The van der Waals surface area contributed by atoms with E-state index < -0.39 is 0 Å². The highest BCUT2D eigenvalue weighted by molar-refractivity contribution is 5.81. The monoisotopic (exact) mass is 272 g/mol. The van der Waals surface area contributed by atoms with E-state index >= 15 is 0 Å². The molecule has 2 unspecified atom stereocenters. The van der Waals surface area contributed by atoms with Gasteiger partial charge in [0.25, 0.3) is 0 Å². The van der Waals surface area contributed by atoms with E-state index in [-0.39, 0.29) is 12.7 Å². The van der Waals surface area contributed by atoms with Crippen LogP contribution in [0.3, 0.4) is 0 Å². The van der Waals surface area contributed by atoms with Crippen molar-refractivity contribution in [3.8, 4) is 0 Å². The van der Waals surface area contributed by atoms with Crippen LogP contribution in [0.25, 0.3) is 10.9 Å². The van der Waals surface area contributed by atoms with Crippen LogP contribution in [0, 0.1) is 0 Å². The SMILES string of the molecule is CC1COC(CO)CN1Cc1cccc2cccnc12. The number of aliphatic hydroxyl groups is 1. The van der Waals surface area contributed by atoms with Crippen molar-refractivity contribution in [1.29, 1.82) is 0 Å². The Morgan fingerprint density at radius 2 is 2.20 bits per heavy atom. The summed E-state index contributed by atoms with van der Waals surface area (Å²) in [5, 5.41) is 10.4. The summed E-state index contributed by atoms with van der Waals surface area (Å²) in [5.41, 5.74) is 2.29. The summed E-state index contributed by atoms with van der Waals surface area (Å²) in [4.78, 5) is 6.86. The van der Waals surface area contributed by atoms with Crippen LogP contribution in [-0.4, -0.2) is 46.9 Å². The summed E-state index contributed by atoms with van der Waals surface area (Å²) < 4.78 is 5.59. The molecule has 2 atom stereocenters. The van der Waals surface area contributed by atoms with Crippen LogP contribution < -0.4 is 0 Å². The van der Waals surface area contributed by atoms with Gasteiger partial charge in [-0.05, 0) is 18.6 Å². The second-order valence-electron chi connectivity index (χ2n) is 5.41. The molecule has 1 aromatic carbocycles. The molecular weight excluding hydrogens is 252 g/mol. The number of aliphatic hydroxyl groups excluding tert-OH is 1. The summed E-state index contributed by atoms with van der Waals surface area (Å²) in [6.45, 7) is 4.52. The average Bonchev–Trinajstić information content (AvgIpc) is 2.50. The van der Waals surface area contributed by atoms with Crippen molar-refractivity contribution in [3.05, 3.63) is 42.1 Å². The maximum absolute atomic E-state index is 9.27. The molecule has 2 heterocycles. The number of ether oxygens (including phenoxy) is 1. The van der Waals surface area contributed by atoms with Gasteiger partial charge >= 0.3 is 0 Å². The third-order valence-electron chi connectivity index (χ3n) is 3.93. The molecule has 1 N–H and O–H groups in total. The zero-order chi connectivity index (χ0) is 13.9. The maximum Gasteiger partial charge on any atom is 0.0933 e. The first-order valence-electron chi connectivity index (χ1n) is 7.07. The minimum Gasteiger partial charge on any atom is -0.394 e. The van der Waals surface area contributed by atoms with Gasteiger partial charge in [-0.3, -0.25) is 9.88 Å². The first kappa shape index (κ1) is 13.5. The first-order valence-corrected chi connectivity index (χ1v) is 7.07. The molecular formula is C16H20N2O2. The number of rotatable bonds is 3. The minimum absolute atomic E-state index is 0.0749. The number of morpholine rings is 1. The van der Waals surface area contributed by atoms with Gasteiger partial charge in [0.15, 0.2) is 0 Å². The van der Waals surface area contributed by atoms with Gasteiger partial charge in [0.05, 0.1) is 24.8 Å². The van der Waals surface area contributed by atoms with E-state index in [2.05, 4.69) is 41.1 Å². The predicted molar refractivity (Wildman–Crippen MR) is 78.4 cm³/mol. The van der Waals surface area contributed by atoms with Crippen molar-refractivity contribution in [1.82, 2.24) is 9.88 Å². The van der Waals surface area contributed by atoms with Crippen molar-refractivity contribution in [3.63, 3.8) is 0 Å². The van der Waals surface area contributed by atoms with E-state index in [1.807, 2.05) is 12.3 Å². The van der Waals surface area contributed by atoms with Gasteiger partial charge in [0, 0.05) is 30.7 Å². The third kappa shape index (κ3) is 2.68. The molecule has 1 aliphatic heterocycles. The molecule has 4 heteroatoms. The number of nitrogens with zero attached hydrogens (tertiary/aromatic N) is 2. The molecule has 0 amide bonds. The van der Waals surface area contributed by atoms with Crippen molar-refractivity contribution in [2.75, 3.05) is 19.8 Å². The summed E-state index contributed by atoms with van der Waals surface area (Å²) in [7, 11) is 0. The summed E-state index contributed by atoms with van der Waals surface area (Å²) in [6.07, 6.45) is 1.76. The molecule has 1 saturated heterocycles. The molecule has 1 aliphatic rings. The zero-order valence-electron chi connectivity index (χ0n) is 11.7. The van der Waals surface area contributed by atoms with E-state index in [1.165, 1.54) is 10.9 Å². The molecule has 106 valence electrons. The van der Waals surface area contributed by atoms with Crippen LogP contribution in [0.15, 0.2) is 36.5 Å². The topological polar surface area (TPSA) is 45.6 Å². The summed E-state index contributed by atoms with van der Waals surface area (Å²) in [6, 6.07) is 10.7. The fraction of sp³-hybridized carbons (Fsp3) is 0.438. The largest absolute Gasteiger partial charge is 0.394 e. The van der Waals surface area contributed by atoms with Gasteiger partial charge in [-0.15, -0.1) is 0 Å². The van der Waals surface area contributed by atoms with Crippen LogP contribution in [0.1, 0.15) is 12.5 Å². The Morgan fingerprint density at radius 3 is 3.05 bits per heavy atom. The lowest BCUT2D eigenvalue weighted by atomic mass is 10.1. The molecule has 20 heavy (non-hydrogen) atoms. The Hall–Kier alpha value is -1.49. The molecule has 0 radical (unpaired) electrons. The molecule has 1 fully saturated rings. The average molecular weight is 272 g/mol. The number of aromatic nitrogens is 1. The quantitative estimate of drug-likeness (QED) is 0.925. The Labute approximate surface area is 119 Å². The second kappa shape index (κ2) is 5.87. The lowest BCUT2D eigenvalue weighted by molar-refractivity contribution is -0.0804. The standard InChI is InChI=1S/C16H20N2O2/c1-12-11-20-15(10-19)9-18(12)8-14-5-2-4-13-6-3-7-17-16(13)14/h2-7,12,15,19H,8-11H2,1H3. The number of hydrogen-bond donors (Lipinski definition) is 1. The van der Waals surface area contributed by atoms with Crippen LogP contribution in [0.2, 0.25) is 0 Å². The molecule has 4 nitrogen and oxygen atoms in total. The van der Waals surface area contributed by atoms with E-state index in [0.29, 0.717) is 12.6 Å². The van der Waals surface area contributed by atoms with Crippen LogP contribution in [0.5, 0.6) is 0 Å². The lowest BCUT2D eigenvalue weighted by Gasteiger charge is -2.37. The molecule has 0 saturated carbocycles. The first-order chi connectivity index (χ1) is 9.78. The van der Waals surface area contributed by atoms with Gasteiger partial charge in [0.2, 0.25) is 0 Å². The number of benzene rings is 1. The van der Waals surface area contributed by atoms with Crippen LogP contribution in [-0.2, 0) is 11.3 Å². The molecule has 2 aromatic rings. The smallest absolute Gasteiger partial charge is 0.0933 e. The molecule has 0 spiro atoms. The highest BCUT2D eigenvalue weighted by Gasteiger charge is 2.25. The second-order valence-corrected chi connectivity index (χ2v) is 5.41. The van der Waals surface area contributed by atoms with Crippen LogP contribution >= 0.6 is 0 Å². The van der Waals surface area contributed by atoms with Crippen molar-refractivity contribution in [2.45, 2.75) is 25.6 Å². The van der Waals surface area contributed by atoms with Gasteiger partial charge in [-0.1, -0.05) is 24.3 Å². The van der Waals surface area contributed by atoms with E-state index in [9.17, 15) is 5.11 Å². The Balaban J connectivity index is 1.85. The molecule has 1 aromatic heterocycles. The predicted octanol–water partition coefficient (Wildman–Crippen LogP) is 1.82. The third-order valence-corrected chi connectivity index (χ3v) is 3.93. The van der Waals surface area contributed by atoms with Crippen LogP contribution in [0.4, 0.5) is 0 Å². The lowest BCUT2D eigenvalue weighted by Crippen LogP contribution is -2.48. The molecule has 0 aliphatic carbocycles. The van der Waals surface area contributed by atoms with Gasteiger partial charge < -0.3 is 9.84 Å². The van der Waals surface area contributed by atoms with Gasteiger partial charge in [0.1, 0.15) is 0 Å². The number of para-hydroxylation sites is 1. The fourth-order valence-electron chi connectivity index (χ4n) is 2.72. The van der Waals surface area contributed by atoms with Crippen molar-refractivity contribution in [2.24, 2.45) is 0 Å².